The number of ether oxygens (including phenoxy) is 1. The van der Waals surface area contributed by atoms with Crippen molar-refractivity contribution in [2.24, 2.45) is 5.92 Å². The van der Waals surface area contributed by atoms with E-state index in [2.05, 4.69) is 36.1 Å². The molecular formula is C17H25NO2. The van der Waals surface area contributed by atoms with Crippen LogP contribution in [-0.4, -0.2) is 30.1 Å². The van der Waals surface area contributed by atoms with Crippen molar-refractivity contribution >= 4 is 5.97 Å². The molecule has 3 nitrogen and oxygen atoms in total. The summed E-state index contributed by atoms with van der Waals surface area (Å²) in [5.41, 5.74) is 1.31. The third kappa shape index (κ3) is 3.60. The Morgan fingerprint density at radius 1 is 1.25 bits per heavy atom. The topological polar surface area (TPSA) is 29.5 Å². The predicted octanol–water partition coefficient (Wildman–Crippen LogP) is 3.24. The first-order valence-electron chi connectivity index (χ1n) is 7.70. The average Bonchev–Trinajstić information content (AvgIpc) is 2.95. The van der Waals surface area contributed by atoms with Crippen molar-refractivity contribution < 1.29 is 9.53 Å². The number of carbonyl (C=O) groups excluding carboxylic acids is 1. The minimum Gasteiger partial charge on any atom is -0.466 e. The van der Waals surface area contributed by atoms with Gasteiger partial charge in [0, 0.05) is 12.6 Å². The summed E-state index contributed by atoms with van der Waals surface area (Å²) in [7, 11) is 0. The van der Waals surface area contributed by atoms with Crippen LogP contribution in [0.2, 0.25) is 0 Å². The lowest BCUT2D eigenvalue weighted by atomic mass is 10.0. The van der Waals surface area contributed by atoms with Gasteiger partial charge in [-0.05, 0) is 31.9 Å². The molecule has 2 rings (SSSR count). The first-order valence-corrected chi connectivity index (χ1v) is 7.70. The average molecular weight is 275 g/mol. The molecule has 1 aromatic carbocycles. The predicted molar refractivity (Wildman–Crippen MR) is 80.3 cm³/mol. The van der Waals surface area contributed by atoms with Crippen molar-refractivity contribution in [3.63, 3.8) is 0 Å². The largest absolute Gasteiger partial charge is 0.466 e. The molecule has 1 fully saturated rings. The van der Waals surface area contributed by atoms with Gasteiger partial charge < -0.3 is 4.74 Å². The van der Waals surface area contributed by atoms with E-state index in [-0.39, 0.29) is 11.9 Å². The zero-order chi connectivity index (χ0) is 14.4. The van der Waals surface area contributed by atoms with Crippen LogP contribution in [0.5, 0.6) is 0 Å². The lowest BCUT2D eigenvalue weighted by molar-refractivity contribution is -0.149. The molecule has 1 saturated carbocycles. The lowest BCUT2D eigenvalue weighted by Gasteiger charge is -2.31. The zero-order valence-corrected chi connectivity index (χ0v) is 12.5. The molecule has 0 bridgehead atoms. The standard InChI is InChI=1S/C17H25NO2/c1-3-18(13-14-9-6-5-7-10-14)16-12-8-11-15(16)17(19)20-4-2/h5-7,9-10,15-16H,3-4,8,11-13H2,1-2H3. The highest BCUT2D eigenvalue weighted by Gasteiger charge is 2.37. The number of rotatable bonds is 6. The summed E-state index contributed by atoms with van der Waals surface area (Å²) < 4.78 is 5.24. The van der Waals surface area contributed by atoms with E-state index in [9.17, 15) is 4.79 Å². The van der Waals surface area contributed by atoms with Crippen LogP contribution in [0.15, 0.2) is 30.3 Å². The molecule has 2 atom stereocenters. The second kappa shape index (κ2) is 7.44. The maximum atomic E-state index is 12.1. The number of esters is 1. The molecule has 0 amide bonds. The Morgan fingerprint density at radius 2 is 2.00 bits per heavy atom. The monoisotopic (exact) mass is 275 g/mol. The summed E-state index contributed by atoms with van der Waals surface area (Å²) in [4.78, 5) is 14.5. The number of nitrogens with zero attached hydrogens (tertiary/aromatic N) is 1. The molecule has 0 aromatic heterocycles. The van der Waals surface area contributed by atoms with Gasteiger partial charge in [0.15, 0.2) is 0 Å². The summed E-state index contributed by atoms with van der Waals surface area (Å²) in [6.45, 7) is 6.41. The Hall–Kier alpha value is -1.35. The number of hydrogen-bond donors (Lipinski definition) is 0. The summed E-state index contributed by atoms with van der Waals surface area (Å²) in [5, 5.41) is 0. The van der Waals surface area contributed by atoms with Crippen molar-refractivity contribution in [2.75, 3.05) is 13.2 Å². The second-order valence-corrected chi connectivity index (χ2v) is 5.41. The molecule has 0 spiro atoms. The fourth-order valence-electron chi connectivity index (χ4n) is 3.18. The van der Waals surface area contributed by atoms with E-state index in [1.807, 2.05) is 13.0 Å². The molecule has 110 valence electrons. The van der Waals surface area contributed by atoms with Gasteiger partial charge >= 0.3 is 5.97 Å². The van der Waals surface area contributed by atoms with Crippen molar-refractivity contribution in [3.8, 4) is 0 Å². The van der Waals surface area contributed by atoms with E-state index >= 15 is 0 Å². The molecule has 0 radical (unpaired) electrons. The molecule has 1 aliphatic carbocycles. The first kappa shape index (κ1) is 15.0. The van der Waals surface area contributed by atoms with Gasteiger partial charge in [0.05, 0.1) is 12.5 Å². The van der Waals surface area contributed by atoms with E-state index < -0.39 is 0 Å². The van der Waals surface area contributed by atoms with E-state index in [4.69, 9.17) is 4.74 Å². The Labute approximate surface area is 121 Å². The minimum absolute atomic E-state index is 0.0125. The smallest absolute Gasteiger partial charge is 0.310 e. The molecule has 0 N–H and O–H groups in total. The van der Waals surface area contributed by atoms with Crippen LogP contribution in [0.3, 0.4) is 0 Å². The van der Waals surface area contributed by atoms with Crippen molar-refractivity contribution in [2.45, 2.75) is 45.7 Å². The van der Waals surface area contributed by atoms with Crippen LogP contribution in [-0.2, 0) is 16.1 Å². The Bertz CT molecular complexity index is 418. The van der Waals surface area contributed by atoms with E-state index in [1.165, 1.54) is 5.56 Å². The molecule has 1 aliphatic rings. The molecular weight excluding hydrogens is 250 g/mol. The van der Waals surface area contributed by atoms with Gasteiger partial charge in [-0.25, -0.2) is 0 Å². The third-order valence-electron chi connectivity index (χ3n) is 4.17. The van der Waals surface area contributed by atoms with Gasteiger partial charge in [-0.2, -0.15) is 0 Å². The highest BCUT2D eigenvalue weighted by Crippen LogP contribution is 2.31. The first-order chi connectivity index (χ1) is 9.76. The summed E-state index contributed by atoms with van der Waals surface area (Å²) in [6.07, 6.45) is 3.19. The molecule has 1 aromatic rings. The molecule has 3 heteroatoms. The van der Waals surface area contributed by atoms with Gasteiger partial charge in [-0.1, -0.05) is 43.7 Å². The second-order valence-electron chi connectivity index (χ2n) is 5.41. The van der Waals surface area contributed by atoms with Gasteiger partial charge in [0.1, 0.15) is 0 Å². The SMILES string of the molecule is CCOC(=O)C1CCCC1N(CC)Cc1ccccc1. The Kier molecular flexibility index (Phi) is 5.60. The van der Waals surface area contributed by atoms with E-state index in [0.717, 1.165) is 32.4 Å². The van der Waals surface area contributed by atoms with Crippen molar-refractivity contribution in [1.29, 1.82) is 0 Å². The van der Waals surface area contributed by atoms with Gasteiger partial charge in [-0.3, -0.25) is 9.69 Å². The minimum atomic E-state index is -0.0125. The fraction of sp³-hybridized carbons (Fsp3) is 0.588. The molecule has 20 heavy (non-hydrogen) atoms. The van der Waals surface area contributed by atoms with Gasteiger partial charge in [-0.15, -0.1) is 0 Å². The highest BCUT2D eigenvalue weighted by molar-refractivity contribution is 5.73. The molecule has 0 heterocycles. The number of benzene rings is 1. The van der Waals surface area contributed by atoms with Crippen LogP contribution < -0.4 is 0 Å². The maximum Gasteiger partial charge on any atom is 0.310 e. The van der Waals surface area contributed by atoms with Crippen molar-refractivity contribution in [3.05, 3.63) is 35.9 Å². The van der Waals surface area contributed by atoms with Crippen LogP contribution in [0.1, 0.15) is 38.7 Å². The summed E-state index contributed by atoms with van der Waals surface area (Å²) >= 11 is 0. The fourth-order valence-corrected chi connectivity index (χ4v) is 3.18. The third-order valence-corrected chi connectivity index (χ3v) is 4.17. The molecule has 0 aliphatic heterocycles. The van der Waals surface area contributed by atoms with Crippen molar-refractivity contribution in [1.82, 2.24) is 4.90 Å². The summed E-state index contributed by atoms with van der Waals surface area (Å²) in [6, 6.07) is 10.8. The van der Waals surface area contributed by atoms with Gasteiger partial charge in [0.25, 0.3) is 0 Å². The van der Waals surface area contributed by atoms with Crippen LogP contribution >= 0.6 is 0 Å². The van der Waals surface area contributed by atoms with Crippen LogP contribution in [0.25, 0.3) is 0 Å². The normalized spacial score (nSPS) is 22.1. The Morgan fingerprint density at radius 3 is 2.65 bits per heavy atom. The number of carbonyl (C=O) groups is 1. The Balaban J connectivity index is 2.04. The molecule has 2 unspecified atom stereocenters. The zero-order valence-electron chi connectivity index (χ0n) is 12.5. The van der Waals surface area contributed by atoms with Gasteiger partial charge in [0.2, 0.25) is 0 Å². The van der Waals surface area contributed by atoms with E-state index in [1.54, 1.807) is 0 Å². The van der Waals surface area contributed by atoms with E-state index in [0.29, 0.717) is 12.6 Å². The lowest BCUT2D eigenvalue weighted by Crippen LogP contribution is -2.40. The van der Waals surface area contributed by atoms with Crippen LogP contribution in [0, 0.1) is 5.92 Å². The highest BCUT2D eigenvalue weighted by atomic mass is 16.5. The number of hydrogen-bond acceptors (Lipinski definition) is 3. The molecule has 0 saturated heterocycles. The summed E-state index contributed by atoms with van der Waals surface area (Å²) in [5.74, 6) is 0.0418. The van der Waals surface area contributed by atoms with Crippen LogP contribution in [0.4, 0.5) is 0 Å². The maximum absolute atomic E-state index is 12.1. The quantitative estimate of drug-likeness (QED) is 0.746.